The number of nitrogens with zero attached hydrogens (tertiary/aromatic N) is 2. The van der Waals surface area contributed by atoms with Crippen molar-refractivity contribution < 1.29 is 9.59 Å². The summed E-state index contributed by atoms with van der Waals surface area (Å²) in [6.45, 7) is 5.55. The van der Waals surface area contributed by atoms with Crippen LogP contribution in [0.2, 0.25) is 0 Å². The third-order valence-corrected chi connectivity index (χ3v) is 5.47. The van der Waals surface area contributed by atoms with E-state index >= 15 is 0 Å². The van der Waals surface area contributed by atoms with Gasteiger partial charge in [0.25, 0.3) is 5.56 Å². The number of nitrogen functional groups attached to an aromatic ring is 1. The fourth-order valence-corrected chi connectivity index (χ4v) is 3.91. The lowest BCUT2D eigenvalue weighted by atomic mass is 10.0. The number of nitrogens with two attached hydrogens (primary N) is 1. The van der Waals surface area contributed by atoms with Crippen LogP contribution in [0.15, 0.2) is 70.3 Å². The zero-order chi connectivity index (χ0) is 25.5. The first kappa shape index (κ1) is 25.5. The van der Waals surface area contributed by atoms with Gasteiger partial charge in [-0.15, -0.1) is 0 Å². The molecule has 0 saturated carbocycles. The molecule has 0 aliphatic rings. The summed E-state index contributed by atoms with van der Waals surface area (Å²) in [6.07, 6.45) is -0.0903. The second-order valence-corrected chi connectivity index (χ2v) is 8.83. The van der Waals surface area contributed by atoms with Crippen LogP contribution in [0.25, 0.3) is 0 Å². The van der Waals surface area contributed by atoms with Crippen LogP contribution in [0.4, 0.5) is 11.5 Å². The van der Waals surface area contributed by atoms with Gasteiger partial charge in [0.05, 0.1) is 19.0 Å². The van der Waals surface area contributed by atoms with Crippen molar-refractivity contribution in [3.8, 4) is 0 Å². The van der Waals surface area contributed by atoms with E-state index in [0.717, 1.165) is 11.1 Å². The highest BCUT2D eigenvalue weighted by Gasteiger charge is 2.28. The first-order chi connectivity index (χ1) is 16.7. The monoisotopic (exact) mass is 477 g/mol. The van der Waals surface area contributed by atoms with Crippen LogP contribution in [0.5, 0.6) is 0 Å². The third kappa shape index (κ3) is 6.47. The van der Waals surface area contributed by atoms with E-state index in [9.17, 15) is 19.2 Å². The maximum Gasteiger partial charge on any atom is 0.330 e. The van der Waals surface area contributed by atoms with Crippen LogP contribution in [0.1, 0.15) is 44.4 Å². The molecule has 184 valence electrons. The summed E-state index contributed by atoms with van der Waals surface area (Å²) in [7, 11) is 0. The van der Waals surface area contributed by atoms with Crippen LogP contribution in [0.3, 0.4) is 0 Å². The van der Waals surface area contributed by atoms with Gasteiger partial charge < -0.3 is 16.0 Å². The number of amides is 2. The topological polar surface area (TPSA) is 130 Å². The SMILES string of the molecule is CC(=O)N[C@@H](CC(=O)N(CC(C)C)c1c(N)n(Cc2ccccc2)c(=O)[nH]c1=O)c1ccccc1. The van der Waals surface area contributed by atoms with Crippen LogP contribution in [-0.2, 0) is 16.1 Å². The number of H-pyrrole nitrogens is 1. The second-order valence-electron chi connectivity index (χ2n) is 8.83. The second kappa shape index (κ2) is 11.3. The fraction of sp³-hybridized carbons (Fsp3) is 0.308. The molecule has 3 aromatic rings. The Labute approximate surface area is 203 Å². The number of hydrogen-bond donors (Lipinski definition) is 3. The summed E-state index contributed by atoms with van der Waals surface area (Å²) < 4.78 is 1.25. The number of aromatic nitrogens is 2. The molecule has 0 spiro atoms. The molecular weight excluding hydrogens is 446 g/mol. The van der Waals surface area contributed by atoms with E-state index in [2.05, 4.69) is 10.3 Å². The van der Waals surface area contributed by atoms with Crippen molar-refractivity contribution in [2.75, 3.05) is 17.2 Å². The smallest absolute Gasteiger partial charge is 0.330 e. The van der Waals surface area contributed by atoms with Crippen molar-refractivity contribution in [3.63, 3.8) is 0 Å². The molecule has 1 aromatic heterocycles. The average molecular weight is 478 g/mol. The molecule has 3 rings (SSSR count). The molecule has 0 radical (unpaired) electrons. The number of benzene rings is 2. The van der Waals surface area contributed by atoms with E-state index in [1.165, 1.54) is 16.4 Å². The molecule has 0 aliphatic carbocycles. The Bertz CT molecular complexity index is 1280. The van der Waals surface area contributed by atoms with E-state index < -0.39 is 23.2 Å². The normalized spacial score (nSPS) is 11.8. The minimum absolute atomic E-state index is 0.00296. The predicted octanol–water partition coefficient (Wildman–Crippen LogP) is 2.42. The minimum Gasteiger partial charge on any atom is -0.383 e. The molecule has 0 bridgehead atoms. The van der Waals surface area contributed by atoms with Gasteiger partial charge in [-0.1, -0.05) is 74.5 Å². The highest BCUT2D eigenvalue weighted by atomic mass is 16.2. The molecule has 0 aliphatic heterocycles. The Hall–Kier alpha value is -4.14. The number of anilines is 2. The first-order valence-corrected chi connectivity index (χ1v) is 11.5. The number of aromatic amines is 1. The molecule has 9 nitrogen and oxygen atoms in total. The molecule has 0 unspecified atom stereocenters. The molecule has 0 saturated heterocycles. The lowest BCUT2D eigenvalue weighted by Gasteiger charge is -2.28. The van der Waals surface area contributed by atoms with Gasteiger partial charge in [-0.05, 0) is 17.0 Å². The molecule has 9 heteroatoms. The number of rotatable bonds is 9. The molecule has 2 aromatic carbocycles. The Morgan fingerprint density at radius 2 is 1.63 bits per heavy atom. The fourth-order valence-electron chi connectivity index (χ4n) is 3.91. The van der Waals surface area contributed by atoms with E-state index in [0.29, 0.717) is 0 Å². The Balaban J connectivity index is 2.03. The predicted molar refractivity (Wildman–Crippen MR) is 136 cm³/mol. The third-order valence-electron chi connectivity index (χ3n) is 5.47. The lowest BCUT2D eigenvalue weighted by molar-refractivity contribution is -0.121. The zero-order valence-corrected chi connectivity index (χ0v) is 20.2. The van der Waals surface area contributed by atoms with E-state index in [1.807, 2.05) is 74.5 Å². The van der Waals surface area contributed by atoms with Crippen molar-refractivity contribution in [3.05, 3.63) is 92.6 Å². The summed E-state index contributed by atoms with van der Waals surface area (Å²) in [4.78, 5) is 54.5. The summed E-state index contributed by atoms with van der Waals surface area (Å²) in [5.74, 6) is -0.769. The highest BCUT2D eigenvalue weighted by Crippen LogP contribution is 2.24. The van der Waals surface area contributed by atoms with Crippen molar-refractivity contribution in [1.29, 1.82) is 0 Å². The molecule has 35 heavy (non-hydrogen) atoms. The largest absolute Gasteiger partial charge is 0.383 e. The van der Waals surface area contributed by atoms with Gasteiger partial charge in [0.1, 0.15) is 5.82 Å². The van der Waals surface area contributed by atoms with Crippen molar-refractivity contribution in [2.45, 2.75) is 39.8 Å². The van der Waals surface area contributed by atoms with Gasteiger partial charge in [-0.25, -0.2) is 4.79 Å². The maximum absolute atomic E-state index is 13.6. The molecular formula is C26H31N5O4. The molecule has 0 fully saturated rings. The van der Waals surface area contributed by atoms with Crippen molar-refractivity contribution >= 4 is 23.3 Å². The quantitative estimate of drug-likeness (QED) is 0.436. The first-order valence-electron chi connectivity index (χ1n) is 11.5. The van der Waals surface area contributed by atoms with Gasteiger partial charge in [-0.3, -0.25) is 23.9 Å². The lowest BCUT2D eigenvalue weighted by Crippen LogP contribution is -2.44. The average Bonchev–Trinajstić information content (AvgIpc) is 2.81. The summed E-state index contributed by atoms with van der Waals surface area (Å²) in [5, 5.41) is 2.81. The van der Waals surface area contributed by atoms with Crippen molar-refractivity contribution in [2.24, 2.45) is 5.92 Å². The number of hydrogen-bond acceptors (Lipinski definition) is 5. The van der Waals surface area contributed by atoms with E-state index in [1.54, 1.807) is 0 Å². The molecule has 1 atom stereocenters. The van der Waals surface area contributed by atoms with E-state index in [-0.39, 0.29) is 42.8 Å². The Morgan fingerprint density at radius 3 is 2.20 bits per heavy atom. The summed E-state index contributed by atoms with van der Waals surface area (Å²) in [6, 6.07) is 17.7. The van der Waals surface area contributed by atoms with Gasteiger partial charge >= 0.3 is 5.69 Å². The van der Waals surface area contributed by atoms with Gasteiger partial charge in [0.15, 0.2) is 5.69 Å². The molecule has 2 amide bonds. The van der Waals surface area contributed by atoms with Crippen LogP contribution >= 0.6 is 0 Å². The Kier molecular flexibility index (Phi) is 8.25. The zero-order valence-electron chi connectivity index (χ0n) is 20.2. The summed E-state index contributed by atoms with van der Waals surface area (Å²) in [5.41, 5.74) is 6.46. The van der Waals surface area contributed by atoms with Crippen LogP contribution in [0, 0.1) is 5.92 Å². The van der Waals surface area contributed by atoms with Crippen LogP contribution in [-0.4, -0.2) is 27.9 Å². The van der Waals surface area contributed by atoms with Crippen LogP contribution < -0.4 is 27.2 Å². The van der Waals surface area contributed by atoms with Gasteiger partial charge in [-0.2, -0.15) is 0 Å². The highest BCUT2D eigenvalue weighted by molar-refractivity contribution is 5.96. The molecule has 1 heterocycles. The number of carbonyl (C=O) groups is 2. The van der Waals surface area contributed by atoms with Crippen molar-refractivity contribution in [1.82, 2.24) is 14.9 Å². The standard InChI is InChI=1S/C26H31N5O4/c1-17(2)15-30(22(33)14-21(28-18(3)32)20-12-8-5-9-13-20)23-24(27)31(26(35)29-25(23)34)16-19-10-6-4-7-11-19/h4-13,17,21H,14-16,27H2,1-3H3,(H,28,32)(H,29,34,35)/t21-/m0/s1. The summed E-state index contributed by atoms with van der Waals surface area (Å²) >= 11 is 0. The minimum atomic E-state index is -0.735. The number of carbonyl (C=O) groups excluding carboxylic acids is 2. The van der Waals surface area contributed by atoms with E-state index in [4.69, 9.17) is 5.73 Å². The number of nitrogens with one attached hydrogen (secondary N) is 2. The van der Waals surface area contributed by atoms with Gasteiger partial charge in [0, 0.05) is 13.5 Å². The maximum atomic E-state index is 13.6. The molecule has 4 N–H and O–H groups in total. The Morgan fingerprint density at radius 1 is 1.03 bits per heavy atom. The van der Waals surface area contributed by atoms with Gasteiger partial charge in [0.2, 0.25) is 11.8 Å².